The van der Waals surface area contributed by atoms with E-state index in [1.165, 1.54) is 19.3 Å². The summed E-state index contributed by atoms with van der Waals surface area (Å²) in [5, 5.41) is 0. The van der Waals surface area contributed by atoms with Gasteiger partial charge >= 0.3 is 0 Å². The van der Waals surface area contributed by atoms with Gasteiger partial charge in [0.05, 0.1) is 5.56 Å². The molecule has 4 heteroatoms. The third-order valence-corrected chi connectivity index (χ3v) is 5.36. The van der Waals surface area contributed by atoms with Crippen LogP contribution in [-0.2, 0) is 4.74 Å². The summed E-state index contributed by atoms with van der Waals surface area (Å²) in [4.78, 5) is 17.8. The van der Waals surface area contributed by atoms with E-state index in [1.54, 1.807) is 7.11 Å². The number of ether oxygens (including phenoxy) is 1. The number of likely N-dealkylation sites (tertiary alicyclic amines) is 1. The Morgan fingerprint density at radius 3 is 2.67 bits per heavy atom. The van der Waals surface area contributed by atoms with Crippen LogP contribution >= 0.6 is 0 Å². The predicted molar refractivity (Wildman–Crippen MR) is 97.7 cm³/mol. The fourth-order valence-corrected chi connectivity index (χ4v) is 4.07. The van der Waals surface area contributed by atoms with Gasteiger partial charge in [-0.25, -0.2) is 0 Å². The lowest BCUT2D eigenvalue weighted by Crippen LogP contribution is -2.44. The van der Waals surface area contributed by atoms with Crippen LogP contribution in [0.3, 0.4) is 0 Å². The molecule has 0 aliphatic carbocycles. The third kappa shape index (κ3) is 3.92. The molecular weight excluding hydrogens is 300 g/mol. The molecule has 0 aromatic heterocycles. The van der Waals surface area contributed by atoms with Crippen molar-refractivity contribution in [3.63, 3.8) is 0 Å². The van der Waals surface area contributed by atoms with Crippen molar-refractivity contribution in [3.8, 4) is 0 Å². The minimum Gasteiger partial charge on any atom is -0.385 e. The lowest BCUT2D eigenvalue weighted by molar-refractivity contribution is 0.0585. The topological polar surface area (TPSA) is 32.8 Å². The Labute approximate surface area is 145 Å². The third-order valence-electron chi connectivity index (χ3n) is 5.36. The maximum absolute atomic E-state index is 13.3. The van der Waals surface area contributed by atoms with Crippen LogP contribution in [0.5, 0.6) is 0 Å². The van der Waals surface area contributed by atoms with E-state index in [-0.39, 0.29) is 5.91 Å². The number of benzene rings is 1. The highest BCUT2D eigenvalue weighted by Crippen LogP contribution is 2.29. The van der Waals surface area contributed by atoms with Gasteiger partial charge in [-0.3, -0.25) is 4.79 Å². The summed E-state index contributed by atoms with van der Waals surface area (Å²) in [5.74, 6) is 0.222. The number of hydrogen-bond acceptors (Lipinski definition) is 3. The Morgan fingerprint density at radius 1 is 1.12 bits per heavy atom. The number of carbonyl (C=O) groups excluding carboxylic acids is 1. The smallest absolute Gasteiger partial charge is 0.256 e. The first-order valence-corrected chi connectivity index (χ1v) is 9.45. The molecule has 2 saturated heterocycles. The van der Waals surface area contributed by atoms with Crippen LogP contribution in [0.4, 0.5) is 5.69 Å². The monoisotopic (exact) mass is 330 g/mol. The van der Waals surface area contributed by atoms with Gasteiger partial charge in [0, 0.05) is 45.1 Å². The zero-order valence-electron chi connectivity index (χ0n) is 14.9. The molecule has 3 rings (SSSR count). The second kappa shape index (κ2) is 8.52. The normalized spacial score (nSPS) is 21.3. The first-order valence-electron chi connectivity index (χ1n) is 9.45. The molecule has 0 N–H and O–H groups in total. The number of rotatable bonds is 6. The number of piperidine rings is 1. The highest BCUT2D eigenvalue weighted by Gasteiger charge is 2.29. The molecule has 2 heterocycles. The lowest BCUT2D eigenvalue weighted by Gasteiger charge is -2.37. The van der Waals surface area contributed by atoms with Gasteiger partial charge in [0.1, 0.15) is 0 Å². The quantitative estimate of drug-likeness (QED) is 0.746. The second-order valence-corrected chi connectivity index (χ2v) is 6.99. The molecule has 0 saturated carbocycles. The molecule has 2 aliphatic rings. The molecule has 2 aliphatic heterocycles. The molecule has 24 heavy (non-hydrogen) atoms. The maximum atomic E-state index is 13.3. The van der Waals surface area contributed by atoms with Crippen molar-refractivity contribution in [2.45, 2.75) is 51.0 Å². The van der Waals surface area contributed by atoms with Crippen molar-refractivity contribution in [3.05, 3.63) is 29.8 Å². The molecule has 4 nitrogen and oxygen atoms in total. The largest absolute Gasteiger partial charge is 0.385 e. The van der Waals surface area contributed by atoms with Crippen molar-refractivity contribution in [2.75, 3.05) is 38.3 Å². The number of anilines is 1. The summed E-state index contributed by atoms with van der Waals surface area (Å²) in [5.41, 5.74) is 2.01. The molecule has 1 aromatic carbocycles. The average molecular weight is 330 g/mol. The van der Waals surface area contributed by atoms with Crippen molar-refractivity contribution < 1.29 is 9.53 Å². The molecule has 1 aromatic rings. The summed E-state index contributed by atoms with van der Waals surface area (Å²) in [6, 6.07) is 8.54. The molecule has 1 amide bonds. The molecule has 0 bridgehead atoms. The Kier molecular flexibility index (Phi) is 6.13. The first-order chi connectivity index (χ1) is 11.8. The molecule has 2 fully saturated rings. The maximum Gasteiger partial charge on any atom is 0.256 e. The number of nitrogens with zero attached hydrogens (tertiary/aromatic N) is 2. The molecule has 0 radical (unpaired) electrons. The van der Waals surface area contributed by atoms with Crippen molar-refractivity contribution in [2.24, 2.45) is 0 Å². The fraction of sp³-hybridized carbons (Fsp3) is 0.650. The molecule has 132 valence electrons. The van der Waals surface area contributed by atoms with E-state index in [0.717, 1.165) is 63.2 Å². The Bertz CT molecular complexity index is 540. The van der Waals surface area contributed by atoms with E-state index in [4.69, 9.17) is 4.74 Å². The van der Waals surface area contributed by atoms with Crippen LogP contribution in [0.25, 0.3) is 0 Å². The van der Waals surface area contributed by atoms with Crippen LogP contribution in [0.15, 0.2) is 24.3 Å². The van der Waals surface area contributed by atoms with Gasteiger partial charge in [-0.15, -0.1) is 0 Å². The van der Waals surface area contributed by atoms with Gasteiger partial charge in [-0.2, -0.15) is 0 Å². The number of para-hydroxylation sites is 1. The Hall–Kier alpha value is -1.55. The molecule has 0 unspecified atom stereocenters. The van der Waals surface area contributed by atoms with Gasteiger partial charge in [-0.05, 0) is 57.1 Å². The molecular formula is C20H30N2O2. The van der Waals surface area contributed by atoms with E-state index >= 15 is 0 Å². The van der Waals surface area contributed by atoms with Crippen LogP contribution in [0.1, 0.15) is 55.3 Å². The van der Waals surface area contributed by atoms with Crippen molar-refractivity contribution >= 4 is 11.6 Å². The number of amides is 1. The second-order valence-electron chi connectivity index (χ2n) is 6.99. The van der Waals surface area contributed by atoms with E-state index in [9.17, 15) is 4.79 Å². The van der Waals surface area contributed by atoms with Crippen molar-refractivity contribution in [1.82, 2.24) is 4.90 Å². The highest BCUT2D eigenvalue weighted by atomic mass is 16.5. The molecule has 0 spiro atoms. The van der Waals surface area contributed by atoms with E-state index in [1.807, 2.05) is 12.1 Å². The van der Waals surface area contributed by atoms with Crippen LogP contribution in [0.2, 0.25) is 0 Å². The highest BCUT2D eigenvalue weighted by molar-refractivity contribution is 6.00. The molecule has 1 atom stereocenters. The summed E-state index contributed by atoms with van der Waals surface area (Å²) >= 11 is 0. The number of carbonyl (C=O) groups is 1. The zero-order chi connectivity index (χ0) is 16.8. The van der Waals surface area contributed by atoms with Gasteiger partial charge in [0.15, 0.2) is 0 Å². The van der Waals surface area contributed by atoms with E-state index in [2.05, 4.69) is 21.9 Å². The SMILES string of the molecule is COCCC[C@@H]1CCCCN1C(=O)c1ccccc1N1CCCC1. The number of hydrogen-bond donors (Lipinski definition) is 0. The lowest BCUT2D eigenvalue weighted by atomic mass is 9.96. The summed E-state index contributed by atoms with van der Waals surface area (Å²) < 4.78 is 5.19. The van der Waals surface area contributed by atoms with E-state index < -0.39 is 0 Å². The number of methoxy groups -OCH3 is 1. The minimum atomic E-state index is 0.222. The van der Waals surface area contributed by atoms with Crippen molar-refractivity contribution in [1.29, 1.82) is 0 Å². The van der Waals surface area contributed by atoms with Gasteiger partial charge in [0.25, 0.3) is 5.91 Å². The fourth-order valence-electron chi connectivity index (χ4n) is 4.07. The van der Waals surface area contributed by atoms with Gasteiger partial charge < -0.3 is 14.5 Å². The minimum absolute atomic E-state index is 0.222. The first kappa shape index (κ1) is 17.3. The predicted octanol–water partition coefficient (Wildman–Crippen LogP) is 3.71. The summed E-state index contributed by atoms with van der Waals surface area (Å²) in [6.45, 7) is 3.82. The average Bonchev–Trinajstić information content (AvgIpc) is 3.16. The Morgan fingerprint density at radius 2 is 1.88 bits per heavy atom. The standard InChI is InChI=1S/C20H30N2O2/c1-24-16-8-10-17-9-4-5-15-22(17)20(23)18-11-2-3-12-19(18)21-13-6-7-14-21/h2-3,11-12,17H,4-10,13-16H2,1H3/t17-/m0/s1. The summed E-state index contributed by atoms with van der Waals surface area (Å²) in [7, 11) is 1.75. The van der Waals surface area contributed by atoms with Crippen LogP contribution < -0.4 is 4.90 Å². The zero-order valence-corrected chi connectivity index (χ0v) is 14.9. The summed E-state index contributed by atoms with van der Waals surface area (Å²) in [6.07, 6.45) is 8.01. The van der Waals surface area contributed by atoms with Gasteiger partial charge in [0.2, 0.25) is 0 Å². The van der Waals surface area contributed by atoms with E-state index in [0.29, 0.717) is 6.04 Å². The van der Waals surface area contributed by atoms with Gasteiger partial charge in [-0.1, -0.05) is 12.1 Å². The van der Waals surface area contributed by atoms with Crippen LogP contribution in [0, 0.1) is 0 Å². The van der Waals surface area contributed by atoms with Crippen LogP contribution in [-0.4, -0.2) is 50.2 Å². The Balaban J connectivity index is 1.76.